The Morgan fingerprint density at radius 1 is 1.38 bits per heavy atom. The molecule has 7 nitrogen and oxygen atoms in total. The Labute approximate surface area is 121 Å². The fourth-order valence-corrected chi connectivity index (χ4v) is 1.92. The van der Waals surface area contributed by atoms with Crippen LogP contribution in [0, 0.1) is 6.92 Å². The van der Waals surface area contributed by atoms with Crippen LogP contribution < -0.4 is 10.1 Å². The molecule has 3 aromatic heterocycles. The molecule has 0 spiro atoms. The van der Waals surface area contributed by atoms with Gasteiger partial charge in [0.05, 0.1) is 12.7 Å². The molecule has 0 saturated heterocycles. The van der Waals surface area contributed by atoms with Gasteiger partial charge in [0, 0.05) is 13.1 Å². The maximum absolute atomic E-state index is 5.74. The Kier molecular flexibility index (Phi) is 3.63. The summed E-state index contributed by atoms with van der Waals surface area (Å²) in [6.07, 6.45) is 4.79. The third-order valence-corrected chi connectivity index (χ3v) is 2.83. The number of ether oxygens (including phenoxy) is 1. The molecule has 0 fully saturated rings. The number of aromatic nitrogens is 4. The van der Waals surface area contributed by atoms with Gasteiger partial charge in [0.2, 0.25) is 0 Å². The van der Waals surface area contributed by atoms with E-state index in [0.29, 0.717) is 29.5 Å². The molecule has 3 rings (SSSR count). The van der Waals surface area contributed by atoms with Crippen LogP contribution in [0.1, 0.15) is 12.8 Å². The van der Waals surface area contributed by atoms with Crippen molar-refractivity contribution in [1.29, 1.82) is 0 Å². The number of hydrogen-bond donors (Lipinski definition) is 1. The summed E-state index contributed by atoms with van der Waals surface area (Å²) in [6, 6.07) is 3.70. The van der Waals surface area contributed by atoms with Crippen LogP contribution in [0.5, 0.6) is 5.75 Å². The Morgan fingerprint density at radius 2 is 2.29 bits per heavy atom. The van der Waals surface area contributed by atoms with Crippen molar-refractivity contribution in [2.24, 2.45) is 0 Å². The number of hydrogen-bond acceptors (Lipinski definition) is 7. The van der Waals surface area contributed by atoms with Gasteiger partial charge in [-0.05, 0) is 19.1 Å². The molecule has 1 atom stereocenters. The molecule has 0 aliphatic rings. The SMILES string of the molecule is Cc1nc2c(NC[C@H](C)Oc3cccnc3)ncnc2o1. The minimum absolute atomic E-state index is 0.0489. The predicted octanol–water partition coefficient (Wildman–Crippen LogP) is 2.20. The van der Waals surface area contributed by atoms with E-state index in [2.05, 4.69) is 25.3 Å². The van der Waals surface area contributed by atoms with Crippen LogP contribution in [0.15, 0.2) is 35.3 Å². The third-order valence-electron chi connectivity index (χ3n) is 2.83. The summed E-state index contributed by atoms with van der Waals surface area (Å²) in [5, 5.41) is 3.20. The van der Waals surface area contributed by atoms with E-state index in [9.17, 15) is 0 Å². The summed E-state index contributed by atoms with van der Waals surface area (Å²) >= 11 is 0. The minimum Gasteiger partial charge on any atom is -0.487 e. The molecule has 0 aliphatic heterocycles. The Bertz CT molecular complexity index is 729. The van der Waals surface area contributed by atoms with Crippen molar-refractivity contribution in [2.45, 2.75) is 20.0 Å². The second kappa shape index (κ2) is 5.74. The number of oxazole rings is 1. The number of rotatable bonds is 5. The molecule has 3 heterocycles. The molecule has 0 unspecified atom stereocenters. The van der Waals surface area contributed by atoms with E-state index in [-0.39, 0.29) is 6.10 Å². The van der Waals surface area contributed by atoms with Crippen molar-refractivity contribution in [3.05, 3.63) is 36.7 Å². The zero-order valence-electron chi connectivity index (χ0n) is 11.8. The predicted molar refractivity (Wildman–Crippen MR) is 77.2 cm³/mol. The number of fused-ring (bicyclic) bond motifs is 1. The molecule has 0 bridgehead atoms. The minimum atomic E-state index is -0.0489. The van der Waals surface area contributed by atoms with Crippen LogP contribution in [-0.2, 0) is 0 Å². The van der Waals surface area contributed by atoms with Crippen molar-refractivity contribution < 1.29 is 9.15 Å². The van der Waals surface area contributed by atoms with Gasteiger partial charge in [-0.1, -0.05) is 0 Å². The average molecular weight is 285 g/mol. The number of nitrogens with one attached hydrogen (secondary N) is 1. The van der Waals surface area contributed by atoms with Crippen LogP contribution in [0.4, 0.5) is 5.82 Å². The first kappa shape index (κ1) is 13.3. The van der Waals surface area contributed by atoms with Crippen LogP contribution in [-0.4, -0.2) is 32.6 Å². The van der Waals surface area contributed by atoms with E-state index < -0.39 is 0 Å². The smallest absolute Gasteiger partial charge is 0.252 e. The molecule has 7 heteroatoms. The van der Waals surface area contributed by atoms with Gasteiger partial charge in [0.1, 0.15) is 18.2 Å². The zero-order chi connectivity index (χ0) is 14.7. The highest BCUT2D eigenvalue weighted by atomic mass is 16.5. The Hall–Kier alpha value is -2.70. The number of aryl methyl sites for hydroxylation is 1. The first-order chi connectivity index (χ1) is 10.2. The van der Waals surface area contributed by atoms with E-state index in [1.165, 1.54) is 6.33 Å². The Morgan fingerprint density at radius 3 is 3.10 bits per heavy atom. The van der Waals surface area contributed by atoms with Crippen LogP contribution >= 0.6 is 0 Å². The highest BCUT2D eigenvalue weighted by molar-refractivity contribution is 5.80. The van der Waals surface area contributed by atoms with Gasteiger partial charge in [-0.3, -0.25) is 4.98 Å². The third kappa shape index (κ3) is 3.07. The van der Waals surface area contributed by atoms with Gasteiger partial charge in [-0.15, -0.1) is 0 Å². The summed E-state index contributed by atoms with van der Waals surface area (Å²) in [4.78, 5) is 16.5. The summed E-state index contributed by atoms with van der Waals surface area (Å²) < 4.78 is 11.1. The van der Waals surface area contributed by atoms with E-state index in [1.807, 2.05) is 19.1 Å². The maximum atomic E-state index is 5.74. The number of anilines is 1. The molecule has 1 N–H and O–H groups in total. The van der Waals surface area contributed by atoms with Crippen LogP contribution in [0.2, 0.25) is 0 Å². The van der Waals surface area contributed by atoms with Crippen molar-refractivity contribution in [1.82, 2.24) is 19.9 Å². The molecule has 0 saturated carbocycles. The fraction of sp³-hybridized carbons (Fsp3) is 0.286. The monoisotopic (exact) mass is 285 g/mol. The van der Waals surface area contributed by atoms with Gasteiger partial charge < -0.3 is 14.5 Å². The summed E-state index contributed by atoms with van der Waals surface area (Å²) in [6.45, 7) is 4.32. The van der Waals surface area contributed by atoms with Crippen LogP contribution in [0.3, 0.4) is 0 Å². The van der Waals surface area contributed by atoms with Crippen molar-refractivity contribution in [3.63, 3.8) is 0 Å². The first-order valence-electron chi connectivity index (χ1n) is 6.61. The van der Waals surface area contributed by atoms with Crippen LogP contribution in [0.25, 0.3) is 11.2 Å². The molecule has 0 radical (unpaired) electrons. The normalized spacial score (nSPS) is 12.3. The highest BCUT2D eigenvalue weighted by Crippen LogP contribution is 2.19. The lowest BCUT2D eigenvalue weighted by Gasteiger charge is -2.15. The second-order valence-electron chi connectivity index (χ2n) is 4.61. The van der Waals surface area contributed by atoms with Crippen molar-refractivity contribution in [2.75, 3.05) is 11.9 Å². The quantitative estimate of drug-likeness (QED) is 0.769. The van der Waals surface area contributed by atoms with E-state index >= 15 is 0 Å². The molecular weight excluding hydrogens is 270 g/mol. The lowest BCUT2D eigenvalue weighted by molar-refractivity contribution is 0.234. The van der Waals surface area contributed by atoms with Gasteiger partial charge in [-0.2, -0.15) is 4.98 Å². The summed E-state index contributed by atoms with van der Waals surface area (Å²) in [5.74, 6) is 1.93. The molecule has 3 aromatic rings. The standard InChI is InChI=1S/C14H15N5O2/c1-9(20-11-4-3-5-15-7-11)6-16-13-12-14(18-8-17-13)21-10(2)19-12/h3-5,7-9H,6H2,1-2H3,(H,16,17,18)/t9-/m0/s1. The molecule has 108 valence electrons. The molecular formula is C14H15N5O2. The lowest BCUT2D eigenvalue weighted by Crippen LogP contribution is -2.23. The van der Waals surface area contributed by atoms with Gasteiger partial charge >= 0.3 is 0 Å². The van der Waals surface area contributed by atoms with E-state index in [1.54, 1.807) is 19.3 Å². The highest BCUT2D eigenvalue weighted by Gasteiger charge is 2.11. The van der Waals surface area contributed by atoms with Gasteiger partial charge in [0.15, 0.2) is 17.2 Å². The zero-order valence-corrected chi connectivity index (χ0v) is 11.8. The summed E-state index contributed by atoms with van der Waals surface area (Å²) in [7, 11) is 0. The van der Waals surface area contributed by atoms with E-state index in [0.717, 1.165) is 5.75 Å². The number of nitrogens with zero attached hydrogens (tertiary/aromatic N) is 4. The molecule has 21 heavy (non-hydrogen) atoms. The number of pyridine rings is 1. The van der Waals surface area contributed by atoms with Gasteiger partial charge in [0.25, 0.3) is 5.71 Å². The fourth-order valence-electron chi connectivity index (χ4n) is 1.92. The van der Waals surface area contributed by atoms with Crippen molar-refractivity contribution >= 4 is 17.0 Å². The van der Waals surface area contributed by atoms with E-state index in [4.69, 9.17) is 9.15 Å². The Balaban J connectivity index is 1.66. The largest absolute Gasteiger partial charge is 0.487 e. The van der Waals surface area contributed by atoms with Crippen molar-refractivity contribution in [3.8, 4) is 5.75 Å². The topological polar surface area (TPSA) is 86.0 Å². The maximum Gasteiger partial charge on any atom is 0.252 e. The summed E-state index contributed by atoms with van der Waals surface area (Å²) in [5.41, 5.74) is 1.11. The first-order valence-corrected chi connectivity index (χ1v) is 6.61. The van der Waals surface area contributed by atoms with Gasteiger partial charge in [-0.25, -0.2) is 9.97 Å². The molecule has 0 aromatic carbocycles. The molecule has 0 aliphatic carbocycles. The second-order valence-corrected chi connectivity index (χ2v) is 4.61. The average Bonchev–Trinajstić information content (AvgIpc) is 2.87. The lowest BCUT2D eigenvalue weighted by atomic mass is 10.3. The molecule has 0 amide bonds.